The van der Waals surface area contributed by atoms with Gasteiger partial charge in [-0.1, -0.05) is 18.6 Å². The molecule has 0 saturated heterocycles. The van der Waals surface area contributed by atoms with Crippen LogP contribution in [0.25, 0.3) is 0 Å². The van der Waals surface area contributed by atoms with E-state index in [-0.39, 0.29) is 0 Å². The molecule has 0 nitrogen and oxygen atoms in total. The first-order valence-corrected chi connectivity index (χ1v) is 3.44. The van der Waals surface area contributed by atoms with E-state index in [9.17, 15) is 0 Å². The molecule has 8 heavy (non-hydrogen) atoms. The zero-order valence-corrected chi connectivity index (χ0v) is 5.78. The van der Waals surface area contributed by atoms with Gasteiger partial charge in [-0.15, -0.1) is 0 Å². The third kappa shape index (κ3) is 1.36. The van der Waals surface area contributed by atoms with Gasteiger partial charge < -0.3 is 0 Å². The first kappa shape index (κ1) is 5.87. The smallest absolute Gasteiger partial charge is 0.0320 e. The lowest BCUT2D eigenvalue weighted by atomic mass is 9.92. The van der Waals surface area contributed by atoms with Crippen LogP contribution in [0, 0.1) is 5.92 Å². The molecule has 0 aromatic rings. The minimum absolute atomic E-state index is 0.943. The van der Waals surface area contributed by atoms with E-state index in [1.807, 2.05) is 0 Å². The highest BCUT2D eigenvalue weighted by Gasteiger charge is 2.05. The fourth-order valence-electron chi connectivity index (χ4n) is 1.10. The zero-order valence-electron chi connectivity index (χ0n) is 5.78. The zero-order chi connectivity index (χ0) is 5.98. The molecule has 0 radical (unpaired) electrons. The molecule has 0 heterocycles. The van der Waals surface area contributed by atoms with Crippen molar-refractivity contribution in [2.45, 2.75) is 33.1 Å². The summed E-state index contributed by atoms with van der Waals surface area (Å²) in [7, 11) is 0. The Kier molecular flexibility index (Phi) is 1.72. The molecule has 0 bridgehead atoms. The summed E-state index contributed by atoms with van der Waals surface area (Å²) in [5, 5.41) is 0. The van der Waals surface area contributed by atoms with Crippen molar-refractivity contribution >= 4 is 0 Å². The van der Waals surface area contributed by atoms with Crippen LogP contribution in [0.3, 0.4) is 0 Å². The van der Waals surface area contributed by atoms with Crippen molar-refractivity contribution in [3.63, 3.8) is 0 Å². The van der Waals surface area contributed by atoms with Crippen molar-refractivity contribution in [2.24, 2.45) is 5.92 Å². The van der Waals surface area contributed by atoms with Gasteiger partial charge in [-0.25, -0.2) is 0 Å². The van der Waals surface area contributed by atoms with Gasteiger partial charge in [-0.3, -0.25) is 0 Å². The second kappa shape index (κ2) is 2.34. The highest BCUT2D eigenvalue weighted by atomic mass is 14.1. The molecule has 0 saturated carbocycles. The van der Waals surface area contributed by atoms with Gasteiger partial charge in [0.25, 0.3) is 0 Å². The quantitative estimate of drug-likeness (QED) is 0.420. The molecule has 0 unspecified atom stereocenters. The predicted molar refractivity (Wildman–Crippen MR) is 36.8 cm³/mol. The largest absolute Gasteiger partial charge is 0.0853 e. The Morgan fingerprint density at radius 3 is 2.75 bits per heavy atom. The van der Waals surface area contributed by atoms with Crippen LogP contribution in [0.4, 0.5) is 0 Å². The van der Waals surface area contributed by atoms with E-state index in [1.54, 1.807) is 5.57 Å². The van der Waals surface area contributed by atoms with Gasteiger partial charge >= 0.3 is 0 Å². The van der Waals surface area contributed by atoms with Gasteiger partial charge in [0.05, 0.1) is 0 Å². The summed E-state index contributed by atoms with van der Waals surface area (Å²) in [5.41, 5.74) is 1.59. The summed E-state index contributed by atoms with van der Waals surface area (Å²) in [6, 6.07) is 0. The van der Waals surface area contributed by atoms with Crippen LogP contribution in [0.2, 0.25) is 0 Å². The maximum absolute atomic E-state index is 2.37. The van der Waals surface area contributed by atoms with Gasteiger partial charge in [-0.05, 0) is 32.1 Å². The van der Waals surface area contributed by atoms with Crippen molar-refractivity contribution in [1.29, 1.82) is 0 Å². The number of hydrogen-bond acceptors (Lipinski definition) is 0. The van der Waals surface area contributed by atoms with Gasteiger partial charge in [0.15, 0.2) is 0 Å². The molecule has 0 aromatic carbocycles. The van der Waals surface area contributed by atoms with Crippen LogP contribution >= 0.6 is 0 Å². The first-order valence-electron chi connectivity index (χ1n) is 3.44. The number of hydrogen-bond donors (Lipinski definition) is 0. The van der Waals surface area contributed by atoms with E-state index < -0.39 is 0 Å². The predicted octanol–water partition coefficient (Wildman–Crippen LogP) is 2.75. The minimum atomic E-state index is 0.943. The van der Waals surface area contributed by atoms with Crippen molar-refractivity contribution in [3.05, 3.63) is 11.6 Å². The van der Waals surface area contributed by atoms with Gasteiger partial charge in [0.1, 0.15) is 0 Å². The summed E-state index contributed by atoms with van der Waals surface area (Å²) >= 11 is 0. The van der Waals surface area contributed by atoms with Crippen LogP contribution in [0.5, 0.6) is 0 Å². The Balaban J connectivity index is 2.42. The SMILES string of the molecule is CC1=CC[C@@H](C)CC1. The molecule has 0 spiro atoms. The summed E-state index contributed by atoms with van der Waals surface area (Å²) in [6.07, 6.45) is 6.42. The van der Waals surface area contributed by atoms with E-state index in [0.29, 0.717) is 0 Å². The van der Waals surface area contributed by atoms with E-state index in [0.717, 1.165) is 5.92 Å². The van der Waals surface area contributed by atoms with E-state index >= 15 is 0 Å². The monoisotopic (exact) mass is 110 g/mol. The maximum atomic E-state index is 2.37. The summed E-state index contributed by atoms with van der Waals surface area (Å²) in [6.45, 7) is 4.55. The van der Waals surface area contributed by atoms with E-state index in [2.05, 4.69) is 19.9 Å². The highest BCUT2D eigenvalue weighted by Crippen LogP contribution is 2.21. The average Bonchev–Trinajstić information content (AvgIpc) is 1.77. The average molecular weight is 110 g/mol. The Morgan fingerprint density at radius 2 is 2.38 bits per heavy atom. The maximum Gasteiger partial charge on any atom is -0.0320 e. The molecule has 0 fully saturated rings. The third-order valence-electron chi connectivity index (χ3n) is 1.90. The molecule has 1 rings (SSSR count). The summed E-state index contributed by atoms with van der Waals surface area (Å²) in [4.78, 5) is 0. The molecular formula is C8H14. The Labute approximate surface area is 51.6 Å². The molecule has 0 heteroatoms. The Morgan fingerprint density at radius 1 is 1.62 bits per heavy atom. The van der Waals surface area contributed by atoms with Crippen LogP contribution in [-0.2, 0) is 0 Å². The summed E-state index contributed by atoms with van der Waals surface area (Å²) in [5.74, 6) is 0.943. The Bertz CT molecular complexity index is 101. The van der Waals surface area contributed by atoms with Crippen molar-refractivity contribution < 1.29 is 0 Å². The van der Waals surface area contributed by atoms with Crippen LogP contribution in [0.1, 0.15) is 33.1 Å². The van der Waals surface area contributed by atoms with E-state index in [4.69, 9.17) is 0 Å². The third-order valence-corrected chi connectivity index (χ3v) is 1.90. The van der Waals surface area contributed by atoms with Gasteiger partial charge in [0, 0.05) is 0 Å². The molecule has 0 aromatic heterocycles. The molecule has 0 N–H and O–H groups in total. The first-order chi connectivity index (χ1) is 3.79. The standard InChI is InChI=1S/C8H14/c1-7-3-5-8(2)6-4-7/h3,8H,4-6H2,1-2H3/t8-/m1/s1. The fourth-order valence-corrected chi connectivity index (χ4v) is 1.10. The van der Waals surface area contributed by atoms with Crippen molar-refractivity contribution in [1.82, 2.24) is 0 Å². The normalized spacial score (nSPS) is 29.8. The fraction of sp³-hybridized carbons (Fsp3) is 0.750. The molecule has 0 aliphatic heterocycles. The highest BCUT2D eigenvalue weighted by molar-refractivity contribution is 5.01. The van der Waals surface area contributed by atoms with Crippen LogP contribution in [-0.4, -0.2) is 0 Å². The lowest BCUT2D eigenvalue weighted by Gasteiger charge is -2.14. The van der Waals surface area contributed by atoms with Gasteiger partial charge in [0.2, 0.25) is 0 Å². The molecular weight excluding hydrogens is 96.1 g/mol. The number of allylic oxidation sites excluding steroid dienone is 2. The van der Waals surface area contributed by atoms with E-state index in [1.165, 1.54) is 19.3 Å². The van der Waals surface area contributed by atoms with Crippen molar-refractivity contribution in [3.8, 4) is 0 Å². The minimum Gasteiger partial charge on any atom is -0.0853 e. The van der Waals surface area contributed by atoms with Crippen LogP contribution in [0.15, 0.2) is 11.6 Å². The van der Waals surface area contributed by atoms with Gasteiger partial charge in [-0.2, -0.15) is 0 Å². The van der Waals surface area contributed by atoms with Crippen LogP contribution < -0.4 is 0 Å². The van der Waals surface area contributed by atoms with Crippen molar-refractivity contribution in [2.75, 3.05) is 0 Å². The topological polar surface area (TPSA) is 0 Å². The number of rotatable bonds is 0. The molecule has 1 atom stereocenters. The second-order valence-corrected chi connectivity index (χ2v) is 2.93. The molecule has 46 valence electrons. The molecule has 0 amide bonds. The lowest BCUT2D eigenvalue weighted by Crippen LogP contribution is -1.98. The Hall–Kier alpha value is -0.260. The molecule has 1 aliphatic carbocycles. The lowest BCUT2D eigenvalue weighted by molar-refractivity contribution is 0.514. The molecule has 1 aliphatic rings. The second-order valence-electron chi connectivity index (χ2n) is 2.93. The summed E-state index contributed by atoms with van der Waals surface area (Å²) < 4.78 is 0.